The van der Waals surface area contributed by atoms with E-state index < -0.39 is 17.8 Å². The number of rotatable bonds is 4. The molecule has 0 atom stereocenters. The molecular weight excluding hydrogens is 224 g/mol. The molecule has 0 radical (unpaired) electrons. The van der Waals surface area contributed by atoms with Crippen LogP contribution in [-0.4, -0.2) is 29.4 Å². The van der Waals surface area contributed by atoms with Crippen molar-refractivity contribution >= 4 is 17.8 Å². The van der Waals surface area contributed by atoms with Crippen molar-refractivity contribution in [2.24, 2.45) is 10.7 Å². The molecule has 0 aliphatic heterocycles. The number of aliphatic imine (C=N–C) groups is 1. The largest absolute Gasteiger partial charge is 0.477 e. The van der Waals surface area contributed by atoms with Crippen molar-refractivity contribution in [1.29, 1.82) is 0 Å². The van der Waals surface area contributed by atoms with Crippen LogP contribution in [0.15, 0.2) is 35.3 Å². The van der Waals surface area contributed by atoms with Gasteiger partial charge in [0.2, 0.25) is 0 Å². The van der Waals surface area contributed by atoms with Crippen LogP contribution in [0.1, 0.15) is 5.56 Å². The van der Waals surface area contributed by atoms with E-state index in [2.05, 4.69) is 4.99 Å². The minimum atomic E-state index is -1.33. The highest BCUT2D eigenvalue weighted by atomic mass is 16.5. The van der Waals surface area contributed by atoms with Crippen LogP contribution in [0.5, 0.6) is 0 Å². The SMILES string of the molecule is NCC(=NC(=O)OCc1ccccc1)C(=O)O. The first kappa shape index (κ1) is 12.9. The molecule has 0 aromatic heterocycles. The van der Waals surface area contributed by atoms with E-state index in [1.807, 2.05) is 6.07 Å². The number of carboxylic acid groups (broad SMARTS) is 1. The summed E-state index contributed by atoms with van der Waals surface area (Å²) in [5.41, 5.74) is 5.47. The van der Waals surface area contributed by atoms with Crippen LogP contribution in [0.4, 0.5) is 4.79 Å². The quantitative estimate of drug-likeness (QED) is 0.753. The third-order valence-electron chi connectivity index (χ3n) is 1.87. The van der Waals surface area contributed by atoms with E-state index in [4.69, 9.17) is 15.6 Å². The lowest BCUT2D eigenvalue weighted by Crippen LogP contribution is -2.24. The molecule has 1 aromatic rings. The van der Waals surface area contributed by atoms with Gasteiger partial charge in [0.25, 0.3) is 0 Å². The maximum Gasteiger partial charge on any atom is 0.434 e. The van der Waals surface area contributed by atoms with Gasteiger partial charge in [-0.2, -0.15) is 4.99 Å². The van der Waals surface area contributed by atoms with Crippen LogP contribution < -0.4 is 5.73 Å². The molecule has 0 saturated carbocycles. The summed E-state index contributed by atoms with van der Waals surface area (Å²) in [7, 11) is 0. The zero-order chi connectivity index (χ0) is 12.7. The Morgan fingerprint density at radius 3 is 2.47 bits per heavy atom. The summed E-state index contributed by atoms with van der Waals surface area (Å²) in [5, 5.41) is 8.59. The highest BCUT2D eigenvalue weighted by molar-refractivity contribution is 6.37. The number of benzene rings is 1. The number of amides is 1. The van der Waals surface area contributed by atoms with Gasteiger partial charge in [0.05, 0.1) is 0 Å². The molecule has 0 bridgehead atoms. The Kier molecular flexibility index (Phi) is 4.83. The van der Waals surface area contributed by atoms with E-state index in [0.717, 1.165) is 5.56 Å². The van der Waals surface area contributed by atoms with Gasteiger partial charge in [0, 0.05) is 6.54 Å². The number of ether oxygens (including phenoxy) is 1. The van der Waals surface area contributed by atoms with E-state index in [1.165, 1.54) is 0 Å². The van der Waals surface area contributed by atoms with Crippen molar-refractivity contribution in [3.05, 3.63) is 35.9 Å². The molecule has 6 heteroatoms. The first-order chi connectivity index (χ1) is 8.13. The van der Waals surface area contributed by atoms with Gasteiger partial charge < -0.3 is 15.6 Å². The zero-order valence-electron chi connectivity index (χ0n) is 9.00. The monoisotopic (exact) mass is 236 g/mol. The second-order valence-electron chi connectivity index (χ2n) is 3.11. The Morgan fingerprint density at radius 2 is 1.94 bits per heavy atom. The number of hydrogen-bond donors (Lipinski definition) is 2. The minimum Gasteiger partial charge on any atom is -0.477 e. The lowest BCUT2D eigenvalue weighted by Gasteiger charge is -2.02. The van der Waals surface area contributed by atoms with Crippen molar-refractivity contribution < 1.29 is 19.4 Å². The second kappa shape index (κ2) is 6.39. The molecule has 0 spiro atoms. The van der Waals surface area contributed by atoms with Crippen LogP contribution in [0.2, 0.25) is 0 Å². The average Bonchev–Trinajstić information content (AvgIpc) is 2.34. The Morgan fingerprint density at radius 1 is 1.29 bits per heavy atom. The van der Waals surface area contributed by atoms with Gasteiger partial charge >= 0.3 is 12.1 Å². The Labute approximate surface area is 97.7 Å². The maximum absolute atomic E-state index is 11.2. The summed E-state index contributed by atoms with van der Waals surface area (Å²) in [6.07, 6.45) is -0.961. The summed E-state index contributed by atoms with van der Waals surface area (Å²) in [6.45, 7) is -0.281. The standard InChI is InChI=1S/C11H12N2O4/c12-6-9(10(14)15)13-11(16)17-7-8-4-2-1-3-5-8/h1-5H,6-7,12H2,(H,14,15). The van der Waals surface area contributed by atoms with Crippen molar-refractivity contribution in [3.8, 4) is 0 Å². The normalized spacial score (nSPS) is 11.0. The van der Waals surface area contributed by atoms with Crippen molar-refractivity contribution in [1.82, 2.24) is 0 Å². The van der Waals surface area contributed by atoms with Crippen LogP contribution >= 0.6 is 0 Å². The lowest BCUT2D eigenvalue weighted by molar-refractivity contribution is -0.129. The van der Waals surface area contributed by atoms with Gasteiger partial charge in [-0.3, -0.25) is 0 Å². The van der Waals surface area contributed by atoms with Gasteiger partial charge in [-0.05, 0) is 5.56 Å². The number of carboxylic acids is 1. The zero-order valence-corrected chi connectivity index (χ0v) is 9.00. The van der Waals surface area contributed by atoms with Crippen molar-refractivity contribution in [3.63, 3.8) is 0 Å². The van der Waals surface area contributed by atoms with Gasteiger partial charge in [-0.15, -0.1) is 0 Å². The Hall–Kier alpha value is -2.21. The van der Waals surface area contributed by atoms with E-state index in [-0.39, 0.29) is 13.2 Å². The van der Waals surface area contributed by atoms with Crippen LogP contribution in [0.3, 0.4) is 0 Å². The molecule has 1 rings (SSSR count). The van der Waals surface area contributed by atoms with Gasteiger partial charge in [-0.1, -0.05) is 30.3 Å². The van der Waals surface area contributed by atoms with Gasteiger partial charge in [0.1, 0.15) is 12.3 Å². The number of carbonyl (C=O) groups is 2. The van der Waals surface area contributed by atoms with Gasteiger partial charge in [-0.25, -0.2) is 9.59 Å². The number of carbonyl (C=O) groups excluding carboxylic acids is 1. The van der Waals surface area contributed by atoms with E-state index in [0.29, 0.717) is 0 Å². The molecule has 0 fully saturated rings. The van der Waals surface area contributed by atoms with E-state index in [1.54, 1.807) is 24.3 Å². The molecular formula is C11H12N2O4. The Balaban J connectivity index is 2.53. The first-order valence-corrected chi connectivity index (χ1v) is 4.85. The van der Waals surface area contributed by atoms with Gasteiger partial charge in [0.15, 0.2) is 0 Å². The molecule has 1 aromatic carbocycles. The Bertz CT molecular complexity index is 428. The molecule has 17 heavy (non-hydrogen) atoms. The predicted molar refractivity (Wildman–Crippen MR) is 60.8 cm³/mol. The highest BCUT2D eigenvalue weighted by Crippen LogP contribution is 2.01. The lowest BCUT2D eigenvalue weighted by atomic mass is 10.2. The highest BCUT2D eigenvalue weighted by Gasteiger charge is 2.10. The summed E-state index contributed by atoms with van der Waals surface area (Å²) >= 11 is 0. The van der Waals surface area contributed by atoms with Crippen molar-refractivity contribution in [2.75, 3.05) is 6.54 Å². The third kappa shape index (κ3) is 4.43. The third-order valence-corrected chi connectivity index (χ3v) is 1.87. The average molecular weight is 236 g/mol. The van der Waals surface area contributed by atoms with Crippen LogP contribution in [0, 0.1) is 0 Å². The molecule has 0 aliphatic carbocycles. The summed E-state index contributed by atoms with van der Waals surface area (Å²) in [5.74, 6) is -1.33. The summed E-state index contributed by atoms with van der Waals surface area (Å²) < 4.78 is 4.77. The molecule has 0 unspecified atom stereocenters. The number of aliphatic carboxylic acids is 1. The minimum absolute atomic E-state index is 0.0423. The molecule has 90 valence electrons. The number of nitrogens with two attached hydrogens (primary N) is 1. The summed E-state index contributed by atoms with van der Waals surface area (Å²) in [4.78, 5) is 24.9. The first-order valence-electron chi connectivity index (χ1n) is 4.85. The molecule has 0 aliphatic rings. The predicted octanol–water partition coefficient (Wildman–Crippen LogP) is 0.807. The maximum atomic E-state index is 11.2. The molecule has 3 N–H and O–H groups in total. The summed E-state index contributed by atoms with van der Waals surface area (Å²) in [6, 6.07) is 8.99. The van der Waals surface area contributed by atoms with E-state index >= 15 is 0 Å². The van der Waals surface area contributed by atoms with Crippen molar-refractivity contribution in [2.45, 2.75) is 6.61 Å². The second-order valence-corrected chi connectivity index (χ2v) is 3.11. The fraction of sp³-hybridized carbons (Fsp3) is 0.182. The fourth-order valence-corrected chi connectivity index (χ4v) is 1.04. The molecule has 0 heterocycles. The fourth-order valence-electron chi connectivity index (χ4n) is 1.04. The molecule has 6 nitrogen and oxygen atoms in total. The topological polar surface area (TPSA) is 102 Å². The number of nitrogens with zero attached hydrogens (tertiary/aromatic N) is 1. The molecule has 0 saturated heterocycles. The van der Waals surface area contributed by atoms with Crippen LogP contribution in [-0.2, 0) is 16.1 Å². The molecule has 1 amide bonds. The van der Waals surface area contributed by atoms with E-state index in [9.17, 15) is 9.59 Å². The smallest absolute Gasteiger partial charge is 0.434 e. The number of hydrogen-bond acceptors (Lipinski definition) is 4. The van der Waals surface area contributed by atoms with Crippen LogP contribution in [0.25, 0.3) is 0 Å².